The molecule has 0 aromatic carbocycles. The number of fused-ring (bicyclic) bond motifs is 2. The van der Waals surface area contributed by atoms with Crippen LogP contribution in [0.5, 0.6) is 0 Å². The number of hydrogen-bond donors (Lipinski definition) is 1. The highest BCUT2D eigenvalue weighted by molar-refractivity contribution is 4.92. The number of rotatable bonds is 5. The molecule has 2 aliphatic heterocycles. The van der Waals surface area contributed by atoms with Gasteiger partial charge in [-0.1, -0.05) is 0 Å². The van der Waals surface area contributed by atoms with Crippen LogP contribution >= 0.6 is 0 Å². The molecular weight excluding hydrogens is 208 g/mol. The Hall–Kier alpha value is -0.0800. The highest BCUT2D eigenvalue weighted by Crippen LogP contribution is 2.32. The maximum atomic E-state index is 3.74. The number of piperidine rings is 1. The van der Waals surface area contributed by atoms with Crippen molar-refractivity contribution < 1.29 is 0 Å². The zero-order valence-electron chi connectivity index (χ0n) is 12.1. The monoisotopic (exact) mass is 238 g/mol. The molecule has 0 radical (unpaired) electrons. The van der Waals surface area contributed by atoms with E-state index in [-0.39, 0.29) is 0 Å². The first-order chi connectivity index (χ1) is 8.06. The van der Waals surface area contributed by atoms with Gasteiger partial charge in [0.2, 0.25) is 0 Å². The number of nitrogens with zero attached hydrogens (tertiary/aromatic N) is 1. The van der Waals surface area contributed by atoms with Crippen LogP contribution in [-0.4, -0.2) is 35.6 Å². The van der Waals surface area contributed by atoms with Crippen molar-refractivity contribution >= 4 is 0 Å². The average molecular weight is 238 g/mol. The predicted octanol–water partition coefficient (Wildman–Crippen LogP) is 3.03. The first-order valence-corrected chi connectivity index (χ1v) is 7.58. The van der Waals surface area contributed by atoms with Gasteiger partial charge in [-0.15, -0.1) is 0 Å². The van der Waals surface area contributed by atoms with E-state index in [1.54, 1.807) is 0 Å². The molecule has 2 saturated heterocycles. The van der Waals surface area contributed by atoms with Crippen molar-refractivity contribution in [3.8, 4) is 0 Å². The second kappa shape index (κ2) is 5.71. The van der Waals surface area contributed by atoms with Gasteiger partial charge in [-0.3, -0.25) is 4.90 Å². The molecule has 1 N–H and O–H groups in total. The van der Waals surface area contributed by atoms with Crippen LogP contribution in [0.3, 0.4) is 0 Å². The third kappa shape index (κ3) is 3.45. The lowest BCUT2D eigenvalue weighted by Gasteiger charge is -2.34. The van der Waals surface area contributed by atoms with Gasteiger partial charge >= 0.3 is 0 Å². The summed E-state index contributed by atoms with van der Waals surface area (Å²) >= 11 is 0. The molecule has 0 saturated carbocycles. The maximum absolute atomic E-state index is 3.74. The van der Waals surface area contributed by atoms with Crippen molar-refractivity contribution in [2.24, 2.45) is 5.92 Å². The summed E-state index contributed by atoms with van der Waals surface area (Å²) < 4.78 is 0. The van der Waals surface area contributed by atoms with E-state index >= 15 is 0 Å². The normalized spacial score (nSPS) is 33.0. The van der Waals surface area contributed by atoms with Crippen LogP contribution in [0.25, 0.3) is 0 Å². The minimum atomic E-state index is 0.688. The second-order valence-electron chi connectivity index (χ2n) is 6.69. The third-order valence-electron chi connectivity index (χ3n) is 4.69. The van der Waals surface area contributed by atoms with E-state index in [4.69, 9.17) is 0 Å². The Kier molecular flexibility index (Phi) is 4.48. The molecule has 2 heterocycles. The maximum Gasteiger partial charge on any atom is 0.00728 e. The fraction of sp³-hybridized carbons (Fsp3) is 1.00. The van der Waals surface area contributed by atoms with Crippen molar-refractivity contribution in [1.29, 1.82) is 0 Å². The molecule has 2 unspecified atom stereocenters. The molecule has 2 atom stereocenters. The van der Waals surface area contributed by atoms with Crippen molar-refractivity contribution in [1.82, 2.24) is 10.2 Å². The van der Waals surface area contributed by atoms with Gasteiger partial charge in [0, 0.05) is 24.2 Å². The fourth-order valence-electron chi connectivity index (χ4n) is 3.86. The molecule has 2 bridgehead atoms. The quantitative estimate of drug-likeness (QED) is 0.792. The Morgan fingerprint density at radius 1 is 1.00 bits per heavy atom. The minimum Gasteiger partial charge on any atom is -0.311 e. The zero-order valence-corrected chi connectivity index (χ0v) is 12.1. The Morgan fingerprint density at radius 2 is 1.53 bits per heavy atom. The van der Waals surface area contributed by atoms with Gasteiger partial charge in [-0.25, -0.2) is 0 Å². The molecule has 17 heavy (non-hydrogen) atoms. The highest BCUT2D eigenvalue weighted by Gasteiger charge is 2.33. The summed E-state index contributed by atoms with van der Waals surface area (Å²) in [6.45, 7) is 10.6. The molecule has 2 heteroatoms. The summed E-state index contributed by atoms with van der Waals surface area (Å²) in [5, 5.41) is 3.74. The molecule has 2 aliphatic rings. The molecule has 0 amide bonds. The van der Waals surface area contributed by atoms with Crippen molar-refractivity contribution in [2.45, 2.75) is 84.0 Å². The van der Waals surface area contributed by atoms with Crippen LogP contribution in [0.15, 0.2) is 0 Å². The molecule has 2 rings (SSSR count). The molecule has 2 nitrogen and oxygen atoms in total. The lowest BCUT2D eigenvalue weighted by Crippen LogP contribution is -2.41. The van der Waals surface area contributed by atoms with Crippen LogP contribution in [0.1, 0.15) is 59.8 Å². The second-order valence-corrected chi connectivity index (χ2v) is 6.69. The van der Waals surface area contributed by atoms with Crippen molar-refractivity contribution in [3.63, 3.8) is 0 Å². The van der Waals surface area contributed by atoms with Crippen LogP contribution in [-0.2, 0) is 0 Å². The first-order valence-electron chi connectivity index (χ1n) is 7.58. The molecule has 0 aliphatic carbocycles. The Balaban J connectivity index is 1.77. The highest BCUT2D eigenvalue weighted by atomic mass is 15.2. The summed E-state index contributed by atoms with van der Waals surface area (Å²) in [5.74, 6) is 0.980. The Bertz CT molecular complexity index is 217. The largest absolute Gasteiger partial charge is 0.311 e. The van der Waals surface area contributed by atoms with Gasteiger partial charge in [0.25, 0.3) is 0 Å². The standard InChI is InChI=1S/C15H30N2/c1-11(2)17(12(3)4)8-7-13-9-14-5-6-15(10-13)16-14/h11-16H,5-10H2,1-4H3. The Morgan fingerprint density at radius 3 is 2.00 bits per heavy atom. The van der Waals surface area contributed by atoms with Crippen LogP contribution < -0.4 is 5.32 Å². The van der Waals surface area contributed by atoms with Crippen LogP contribution in [0.2, 0.25) is 0 Å². The van der Waals surface area contributed by atoms with Gasteiger partial charge in [0.1, 0.15) is 0 Å². The average Bonchev–Trinajstić information content (AvgIpc) is 2.57. The Labute approximate surface area is 107 Å². The molecule has 0 aromatic rings. The van der Waals surface area contributed by atoms with Gasteiger partial charge in [-0.2, -0.15) is 0 Å². The molecule has 0 spiro atoms. The summed E-state index contributed by atoms with van der Waals surface area (Å²) in [7, 11) is 0. The van der Waals surface area contributed by atoms with E-state index < -0.39 is 0 Å². The van der Waals surface area contributed by atoms with Gasteiger partial charge < -0.3 is 5.32 Å². The van der Waals surface area contributed by atoms with Crippen molar-refractivity contribution in [2.75, 3.05) is 6.54 Å². The zero-order chi connectivity index (χ0) is 12.4. The summed E-state index contributed by atoms with van der Waals surface area (Å²) in [6.07, 6.45) is 7.13. The SMILES string of the molecule is CC(C)N(CCC1CC2CCC(C1)N2)C(C)C. The molecule has 2 fully saturated rings. The van der Waals surface area contributed by atoms with E-state index in [0.29, 0.717) is 12.1 Å². The van der Waals surface area contributed by atoms with E-state index in [0.717, 1.165) is 18.0 Å². The van der Waals surface area contributed by atoms with Crippen molar-refractivity contribution in [3.05, 3.63) is 0 Å². The van der Waals surface area contributed by atoms with Gasteiger partial charge in [-0.05, 0) is 72.3 Å². The van der Waals surface area contributed by atoms with E-state index in [2.05, 4.69) is 37.9 Å². The van der Waals surface area contributed by atoms with E-state index in [9.17, 15) is 0 Å². The smallest absolute Gasteiger partial charge is 0.00728 e. The third-order valence-corrected chi connectivity index (χ3v) is 4.69. The van der Waals surface area contributed by atoms with Crippen LogP contribution in [0.4, 0.5) is 0 Å². The summed E-state index contributed by atoms with van der Waals surface area (Å²) in [6, 6.07) is 3.08. The van der Waals surface area contributed by atoms with Gasteiger partial charge in [0.05, 0.1) is 0 Å². The predicted molar refractivity (Wildman–Crippen MR) is 74.3 cm³/mol. The fourth-order valence-corrected chi connectivity index (χ4v) is 3.86. The topological polar surface area (TPSA) is 15.3 Å². The van der Waals surface area contributed by atoms with Gasteiger partial charge in [0.15, 0.2) is 0 Å². The van der Waals surface area contributed by atoms with E-state index in [1.165, 1.54) is 38.6 Å². The first kappa shape index (κ1) is 13.4. The lowest BCUT2D eigenvalue weighted by atomic mass is 9.89. The van der Waals surface area contributed by atoms with E-state index in [1.807, 2.05) is 0 Å². The molecule has 0 aromatic heterocycles. The number of nitrogens with one attached hydrogen (secondary N) is 1. The van der Waals surface area contributed by atoms with Crippen LogP contribution in [0, 0.1) is 5.92 Å². The summed E-state index contributed by atoms with van der Waals surface area (Å²) in [4.78, 5) is 2.64. The minimum absolute atomic E-state index is 0.688. The number of hydrogen-bond acceptors (Lipinski definition) is 2. The summed E-state index contributed by atoms with van der Waals surface area (Å²) in [5.41, 5.74) is 0. The molecule has 100 valence electrons. The lowest BCUT2D eigenvalue weighted by molar-refractivity contribution is 0.151. The molecular formula is C15H30N2.